The van der Waals surface area contributed by atoms with Gasteiger partial charge in [0.2, 0.25) is 0 Å². The van der Waals surface area contributed by atoms with Gasteiger partial charge >= 0.3 is 5.97 Å². The van der Waals surface area contributed by atoms with Crippen molar-refractivity contribution in [3.8, 4) is 0 Å². The lowest BCUT2D eigenvalue weighted by Crippen LogP contribution is -2.10. The van der Waals surface area contributed by atoms with Crippen LogP contribution in [0.1, 0.15) is 47.4 Å². The van der Waals surface area contributed by atoms with Crippen LogP contribution < -0.4 is 5.32 Å². The van der Waals surface area contributed by atoms with E-state index in [4.69, 9.17) is 9.47 Å². The molecule has 0 unspecified atom stereocenters. The normalized spacial score (nSPS) is 10.3. The summed E-state index contributed by atoms with van der Waals surface area (Å²) in [5, 5.41) is 3.63. The van der Waals surface area contributed by atoms with E-state index >= 15 is 0 Å². The minimum Gasteiger partial charge on any atom is -0.461 e. The third-order valence-corrected chi connectivity index (χ3v) is 3.48. The van der Waals surface area contributed by atoms with Crippen LogP contribution in [0.5, 0.6) is 0 Å². The average molecular weight is 300 g/mol. The molecule has 20 heavy (non-hydrogen) atoms. The number of esters is 1. The number of ether oxygens (including phenoxy) is 2. The van der Waals surface area contributed by atoms with Crippen molar-refractivity contribution in [2.75, 3.05) is 31.7 Å². The number of aromatic nitrogens is 1. The van der Waals surface area contributed by atoms with E-state index in [1.807, 2.05) is 6.92 Å². The number of nitrogens with one attached hydrogen (secondary N) is 1. The number of anilines is 1. The fourth-order valence-electron chi connectivity index (χ4n) is 1.49. The summed E-state index contributed by atoms with van der Waals surface area (Å²) in [6.07, 6.45) is 0.831. The molecule has 0 aliphatic carbocycles. The lowest BCUT2D eigenvalue weighted by molar-refractivity contribution is 0.0517. The van der Waals surface area contributed by atoms with Crippen LogP contribution in [-0.4, -0.2) is 43.1 Å². The van der Waals surface area contributed by atoms with Crippen LogP contribution >= 0.6 is 11.3 Å². The van der Waals surface area contributed by atoms with Crippen LogP contribution in [0, 0.1) is 0 Å². The largest absolute Gasteiger partial charge is 0.461 e. The molecule has 1 aromatic heterocycles. The number of carbonyl (C=O) groups excluding carboxylic acids is 2. The highest BCUT2D eigenvalue weighted by Gasteiger charge is 2.22. The molecule has 0 atom stereocenters. The van der Waals surface area contributed by atoms with Gasteiger partial charge in [-0.05, 0) is 20.3 Å². The maximum absolute atomic E-state index is 11.7. The lowest BCUT2D eigenvalue weighted by Gasteiger charge is -2.02. The average Bonchev–Trinajstić information content (AvgIpc) is 2.83. The summed E-state index contributed by atoms with van der Waals surface area (Å²) in [6.45, 7) is 7.36. The second-order valence-electron chi connectivity index (χ2n) is 3.95. The number of Topliss-reactive ketones (excluding diaryl/α,β-unsaturated/α-hetero) is 1. The fraction of sp³-hybridized carbons (Fsp3) is 0.615. The summed E-state index contributed by atoms with van der Waals surface area (Å²) in [6, 6.07) is 0. The molecule has 1 heterocycles. The van der Waals surface area contributed by atoms with E-state index in [-0.39, 0.29) is 18.1 Å². The van der Waals surface area contributed by atoms with E-state index in [0.29, 0.717) is 29.8 Å². The molecule has 0 amide bonds. The number of carbonyl (C=O) groups is 2. The van der Waals surface area contributed by atoms with Crippen molar-refractivity contribution < 1.29 is 19.1 Å². The van der Waals surface area contributed by atoms with Crippen LogP contribution in [-0.2, 0) is 9.47 Å². The number of ketones is 1. The van der Waals surface area contributed by atoms with Crippen LogP contribution in [0.4, 0.5) is 5.13 Å². The molecule has 0 saturated heterocycles. The van der Waals surface area contributed by atoms with Gasteiger partial charge in [0.25, 0.3) is 0 Å². The van der Waals surface area contributed by atoms with Gasteiger partial charge in [-0.1, -0.05) is 11.3 Å². The highest BCUT2D eigenvalue weighted by molar-refractivity contribution is 7.17. The Morgan fingerprint density at radius 1 is 1.30 bits per heavy atom. The Kier molecular flexibility index (Phi) is 7.17. The lowest BCUT2D eigenvalue weighted by atomic mass is 10.3. The highest BCUT2D eigenvalue weighted by Crippen LogP contribution is 2.24. The summed E-state index contributed by atoms with van der Waals surface area (Å²) in [5.41, 5.74) is 0.0941. The van der Waals surface area contributed by atoms with Crippen LogP contribution in [0.25, 0.3) is 0 Å². The summed E-state index contributed by atoms with van der Waals surface area (Å²) in [4.78, 5) is 27.7. The second-order valence-corrected chi connectivity index (χ2v) is 4.95. The first-order valence-corrected chi connectivity index (χ1v) is 7.42. The van der Waals surface area contributed by atoms with Gasteiger partial charge in [-0.3, -0.25) is 4.79 Å². The Morgan fingerprint density at radius 3 is 2.65 bits per heavy atom. The maximum Gasteiger partial charge on any atom is 0.358 e. The molecular formula is C13H20N2O4S. The van der Waals surface area contributed by atoms with E-state index in [2.05, 4.69) is 10.3 Å². The Bertz CT molecular complexity index is 459. The number of hydrogen-bond donors (Lipinski definition) is 1. The summed E-state index contributed by atoms with van der Waals surface area (Å²) < 4.78 is 10.1. The molecule has 1 rings (SSSR count). The topological polar surface area (TPSA) is 77.5 Å². The monoisotopic (exact) mass is 300 g/mol. The zero-order chi connectivity index (χ0) is 15.0. The number of rotatable bonds is 9. The first-order valence-electron chi connectivity index (χ1n) is 6.60. The van der Waals surface area contributed by atoms with Crippen molar-refractivity contribution in [2.45, 2.75) is 27.2 Å². The van der Waals surface area contributed by atoms with Crippen molar-refractivity contribution in [2.24, 2.45) is 0 Å². The van der Waals surface area contributed by atoms with E-state index in [9.17, 15) is 9.59 Å². The van der Waals surface area contributed by atoms with Gasteiger partial charge in [-0.15, -0.1) is 0 Å². The first-order chi connectivity index (χ1) is 9.60. The zero-order valence-electron chi connectivity index (χ0n) is 12.0. The predicted molar refractivity (Wildman–Crippen MR) is 77.7 cm³/mol. The molecule has 0 radical (unpaired) electrons. The van der Waals surface area contributed by atoms with E-state index < -0.39 is 5.97 Å². The molecule has 0 aliphatic rings. The third-order valence-electron chi connectivity index (χ3n) is 2.36. The van der Waals surface area contributed by atoms with Gasteiger partial charge in [-0.2, -0.15) is 0 Å². The molecule has 1 N–H and O–H groups in total. The molecule has 7 heteroatoms. The highest BCUT2D eigenvalue weighted by atomic mass is 32.1. The molecule has 112 valence electrons. The molecular weight excluding hydrogens is 280 g/mol. The quantitative estimate of drug-likeness (QED) is 0.428. The van der Waals surface area contributed by atoms with Crippen LogP contribution in [0.2, 0.25) is 0 Å². The Hall–Kier alpha value is -1.47. The van der Waals surface area contributed by atoms with Gasteiger partial charge in [0, 0.05) is 26.7 Å². The van der Waals surface area contributed by atoms with Crippen LogP contribution in [0.15, 0.2) is 0 Å². The van der Waals surface area contributed by atoms with Gasteiger partial charge in [0.15, 0.2) is 16.6 Å². The maximum atomic E-state index is 11.7. The molecule has 0 fully saturated rings. The fourth-order valence-corrected chi connectivity index (χ4v) is 2.36. The Morgan fingerprint density at radius 2 is 2.05 bits per heavy atom. The molecule has 1 aromatic rings. The van der Waals surface area contributed by atoms with E-state index in [1.54, 1.807) is 6.92 Å². The van der Waals surface area contributed by atoms with Crippen molar-refractivity contribution in [1.82, 2.24) is 4.98 Å². The van der Waals surface area contributed by atoms with Gasteiger partial charge in [0.1, 0.15) is 4.88 Å². The first kappa shape index (κ1) is 16.6. The Labute approximate surface area is 122 Å². The van der Waals surface area contributed by atoms with Gasteiger partial charge in [0.05, 0.1) is 6.61 Å². The minimum atomic E-state index is -0.559. The van der Waals surface area contributed by atoms with Crippen molar-refractivity contribution in [3.05, 3.63) is 10.6 Å². The van der Waals surface area contributed by atoms with Gasteiger partial charge < -0.3 is 14.8 Å². The van der Waals surface area contributed by atoms with Crippen molar-refractivity contribution >= 4 is 28.2 Å². The molecule has 0 saturated carbocycles. The number of hydrogen-bond acceptors (Lipinski definition) is 7. The van der Waals surface area contributed by atoms with Crippen molar-refractivity contribution in [3.63, 3.8) is 0 Å². The summed E-state index contributed by atoms with van der Waals surface area (Å²) in [7, 11) is 0. The molecule has 0 spiro atoms. The molecule has 6 nitrogen and oxygen atoms in total. The smallest absolute Gasteiger partial charge is 0.358 e. The number of nitrogens with zero attached hydrogens (tertiary/aromatic N) is 1. The molecule has 0 bridgehead atoms. The third kappa shape index (κ3) is 4.90. The number of thiazole rings is 1. The molecule has 0 aromatic carbocycles. The molecule has 0 aliphatic heterocycles. The summed E-state index contributed by atoms with van der Waals surface area (Å²) in [5.74, 6) is -0.746. The predicted octanol–water partition coefficient (Wildman–Crippen LogP) is 2.36. The van der Waals surface area contributed by atoms with E-state index in [1.165, 1.54) is 18.3 Å². The minimum absolute atomic E-state index is 0.0941. The SMILES string of the molecule is CCOCCCNc1nc(C(=O)OCC)c(C(C)=O)s1. The van der Waals surface area contributed by atoms with Crippen molar-refractivity contribution in [1.29, 1.82) is 0 Å². The van der Waals surface area contributed by atoms with Gasteiger partial charge in [-0.25, -0.2) is 9.78 Å². The zero-order valence-corrected chi connectivity index (χ0v) is 12.8. The summed E-state index contributed by atoms with van der Waals surface area (Å²) >= 11 is 1.17. The second kappa shape index (κ2) is 8.65. The van der Waals surface area contributed by atoms with E-state index in [0.717, 1.165) is 6.42 Å². The van der Waals surface area contributed by atoms with Crippen LogP contribution in [0.3, 0.4) is 0 Å². The standard InChI is InChI=1S/C13H20N2O4S/c1-4-18-8-6-7-14-13-15-10(12(17)19-5-2)11(20-13)9(3)16/h4-8H2,1-3H3,(H,14,15). The Balaban J connectivity index is 2.66.